The van der Waals surface area contributed by atoms with E-state index in [1.165, 1.54) is 4.90 Å². The first-order chi connectivity index (χ1) is 15.4. The molecule has 1 aliphatic heterocycles. The van der Waals surface area contributed by atoms with Gasteiger partial charge < -0.3 is 0 Å². The minimum absolute atomic E-state index is 0.372. The number of nitrogens with one attached hydrogen (secondary N) is 1. The van der Waals surface area contributed by atoms with Gasteiger partial charge >= 0.3 is 0 Å². The standard InChI is InChI=1S/C26H22N2O4/c1-16(2)17-10-14-21(15-11-17)28-23(18-8-12-20(27-32)13-9-18)22(25(30)26(28)31)24(29)19-6-4-3-5-7-19/h3-15,22-23,27,32H,1H2,2H3. The molecule has 1 amide bonds. The van der Waals surface area contributed by atoms with Crippen molar-refractivity contribution < 1.29 is 19.6 Å². The van der Waals surface area contributed by atoms with Gasteiger partial charge in [0.1, 0.15) is 5.92 Å². The van der Waals surface area contributed by atoms with Gasteiger partial charge in [-0.3, -0.25) is 30.0 Å². The Morgan fingerprint density at radius 2 is 1.53 bits per heavy atom. The van der Waals surface area contributed by atoms with E-state index in [2.05, 4.69) is 12.1 Å². The molecule has 2 atom stereocenters. The Balaban J connectivity index is 1.83. The van der Waals surface area contributed by atoms with Gasteiger partial charge in [-0.2, -0.15) is 0 Å². The summed E-state index contributed by atoms with van der Waals surface area (Å²) in [5.74, 6) is -3.05. The second-order valence-corrected chi connectivity index (χ2v) is 7.75. The number of amides is 1. The number of rotatable bonds is 6. The summed E-state index contributed by atoms with van der Waals surface area (Å²) in [6.45, 7) is 5.80. The van der Waals surface area contributed by atoms with Crippen LogP contribution in [-0.2, 0) is 9.59 Å². The lowest BCUT2D eigenvalue weighted by Gasteiger charge is -2.27. The Kier molecular flexibility index (Phi) is 5.71. The third-order valence-corrected chi connectivity index (χ3v) is 5.67. The highest BCUT2D eigenvalue weighted by molar-refractivity contribution is 6.49. The highest BCUT2D eigenvalue weighted by atomic mass is 16.5. The second-order valence-electron chi connectivity index (χ2n) is 7.75. The largest absolute Gasteiger partial charge is 0.297 e. The van der Waals surface area contributed by atoms with Gasteiger partial charge in [0.05, 0.1) is 11.7 Å². The Bertz CT molecular complexity index is 1180. The molecule has 1 aliphatic rings. The SMILES string of the molecule is C=C(C)c1ccc(N2C(=O)C(=O)C(C(=O)c3ccccc3)C2c2ccc(NO)cc2)cc1. The van der Waals surface area contributed by atoms with E-state index in [4.69, 9.17) is 5.21 Å². The van der Waals surface area contributed by atoms with Crippen LogP contribution in [0.25, 0.3) is 5.57 Å². The first-order valence-electron chi connectivity index (χ1n) is 10.1. The number of hydrogen-bond acceptors (Lipinski definition) is 5. The van der Waals surface area contributed by atoms with Gasteiger partial charge in [-0.25, -0.2) is 0 Å². The molecule has 3 aromatic rings. The van der Waals surface area contributed by atoms with Crippen LogP contribution in [0.15, 0.2) is 85.4 Å². The van der Waals surface area contributed by atoms with Crippen molar-refractivity contribution in [2.45, 2.75) is 13.0 Å². The van der Waals surface area contributed by atoms with E-state index >= 15 is 0 Å². The third-order valence-electron chi connectivity index (χ3n) is 5.67. The van der Waals surface area contributed by atoms with Crippen molar-refractivity contribution in [1.29, 1.82) is 0 Å². The number of nitrogens with zero attached hydrogens (tertiary/aromatic N) is 1. The molecule has 0 saturated carbocycles. The zero-order valence-corrected chi connectivity index (χ0v) is 17.5. The number of Topliss-reactive ketones (excluding diaryl/α,β-unsaturated/α-hetero) is 2. The molecule has 160 valence electrons. The Labute approximate surface area is 185 Å². The molecule has 1 heterocycles. The minimum atomic E-state index is -1.18. The summed E-state index contributed by atoms with van der Waals surface area (Å²) < 4.78 is 0. The second kappa shape index (κ2) is 8.61. The average Bonchev–Trinajstić information content (AvgIpc) is 3.09. The zero-order chi connectivity index (χ0) is 22.8. The molecule has 0 radical (unpaired) electrons. The van der Waals surface area contributed by atoms with Crippen LogP contribution in [-0.4, -0.2) is 22.7 Å². The molecule has 1 saturated heterocycles. The van der Waals surface area contributed by atoms with E-state index in [1.807, 2.05) is 19.1 Å². The summed E-state index contributed by atoms with van der Waals surface area (Å²) >= 11 is 0. The van der Waals surface area contributed by atoms with Crippen molar-refractivity contribution in [2.24, 2.45) is 5.92 Å². The fraction of sp³-hybridized carbons (Fsp3) is 0.115. The topological polar surface area (TPSA) is 86.7 Å². The number of hydrogen-bond donors (Lipinski definition) is 2. The van der Waals surface area contributed by atoms with Gasteiger partial charge in [0.25, 0.3) is 5.91 Å². The molecule has 1 fully saturated rings. The van der Waals surface area contributed by atoms with Crippen LogP contribution in [0, 0.1) is 5.92 Å². The van der Waals surface area contributed by atoms with Crippen molar-refractivity contribution >= 4 is 34.4 Å². The fourth-order valence-electron chi connectivity index (χ4n) is 4.00. The van der Waals surface area contributed by atoms with Crippen molar-refractivity contribution in [3.8, 4) is 0 Å². The van der Waals surface area contributed by atoms with Crippen molar-refractivity contribution in [3.63, 3.8) is 0 Å². The smallest absolute Gasteiger partial charge is 0.295 e. The molecule has 0 spiro atoms. The monoisotopic (exact) mass is 426 g/mol. The maximum atomic E-state index is 13.4. The molecular weight excluding hydrogens is 404 g/mol. The summed E-state index contributed by atoms with van der Waals surface area (Å²) in [5.41, 5.74) is 5.81. The molecule has 4 rings (SSSR count). The van der Waals surface area contributed by atoms with Gasteiger partial charge in [0.15, 0.2) is 5.78 Å². The maximum absolute atomic E-state index is 13.4. The average molecular weight is 426 g/mol. The van der Waals surface area contributed by atoms with Crippen LogP contribution in [0.4, 0.5) is 11.4 Å². The van der Waals surface area contributed by atoms with E-state index in [-0.39, 0.29) is 0 Å². The van der Waals surface area contributed by atoms with Crippen molar-refractivity contribution in [2.75, 3.05) is 10.4 Å². The van der Waals surface area contributed by atoms with Crippen LogP contribution in [0.2, 0.25) is 0 Å². The quantitative estimate of drug-likeness (QED) is 0.259. The molecule has 2 N–H and O–H groups in total. The Morgan fingerprint density at radius 1 is 0.906 bits per heavy atom. The Hall–Kier alpha value is -4.03. The first-order valence-corrected chi connectivity index (χ1v) is 10.1. The van der Waals surface area contributed by atoms with Crippen LogP contribution in [0.1, 0.15) is 34.5 Å². The first kappa shape index (κ1) is 21.2. The number of benzene rings is 3. The number of allylic oxidation sites excluding steroid dienone is 1. The molecule has 2 unspecified atom stereocenters. The normalized spacial score (nSPS) is 18.0. The van der Waals surface area contributed by atoms with E-state index in [0.717, 1.165) is 11.1 Å². The Morgan fingerprint density at radius 3 is 2.09 bits per heavy atom. The van der Waals surface area contributed by atoms with E-state index in [9.17, 15) is 14.4 Å². The van der Waals surface area contributed by atoms with Gasteiger partial charge in [-0.05, 0) is 42.3 Å². The lowest BCUT2D eigenvalue weighted by atomic mass is 9.86. The predicted molar refractivity (Wildman–Crippen MR) is 122 cm³/mol. The van der Waals surface area contributed by atoms with Crippen LogP contribution in [0.5, 0.6) is 0 Å². The fourth-order valence-corrected chi connectivity index (χ4v) is 4.00. The predicted octanol–water partition coefficient (Wildman–Crippen LogP) is 4.68. The lowest BCUT2D eigenvalue weighted by molar-refractivity contribution is -0.135. The third kappa shape index (κ3) is 3.72. The maximum Gasteiger partial charge on any atom is 0.295 e. The van der Waals surface area contributed by atoms with E-state index in [1.54, 1.807) is 66.7 Å². The number of ketones is 2. The van der Waals surface area contributed by atoms with Crippen molar-refractivity contribution in [3.05, 3.63) is 102 Å². The summed E-state index contributed by atoms with van der Waals surface area (Å²) in [4.78, 5) is 41.0. The molecule has 6 nitrogen and oxygen atoms in total. The molecule has 0 bridgehead atoms. The van der Waals surface area contributed by atoms with Crippen LogP contribution < -0.4 is 10.4 Å². The van der Waals surface area contributed by atoms with Gasteiger partial charge in [-0.15, -0.1) is 0 Å². The molecule has 3 aromatic carbocycles. The number of carbonyl (C=O) groups excluding carboxylic acids is 3. The van der Waals surface area contributed by atoms with Crippen molar-refractivity contribution in [1.82, 2.24) is 0 Å². The lowest BCUT2D eigenvalue weighted by Crippen LogP contribution is -2.30. The summed E-state index contributed by atoms with van der Waals surface area (Å²) in [6, 6.07) is 21.5. The molecular formula is C26H22N2O4. The van der Waals surface area contributed by atoms with E-state index in [0.29, 0.717) is 22.5 Å². The number of anilines is 2. The molecule has 6 heteroatoms. The summed E-state index contributed by atoms with van der Waals surface area (Å²) in [5, 5.41) is 9.14. The van der Waals surface area contributed by atoms with Crippen LogP contribution in [0.3, 0.4) is 0 Å². The zero-order valence-electron chi connectivity index (χ0n) is 17.5. The highest BCUT2D eigenvalue weighted by Crippen LogP contribution is 2.41. The number of carbonyl (C=O) groups is 3. The van der Waals surface area contributed by atoms with E-state index < -0.39 is 29.4 Å². The van der Waals surface area contributed by atoms with Crippen LogP contribution >= 0.6 is 0 Å². The molecule has 0 aliphatic carbocycles. The van der Waals surface area contributed by atoms with Gasteiger partial charge in [0, 0.05) is 11.3 Å². The molecule has 0 aromatic heterocycles. The summed E-state index contributed by atoms with van der Waals surface area (Å²) in [6.07, 6.45) is 0. The summed E-state index contributed by atoms with van der Waals surface area (Å²) in [7, 11) is 0. The van der Waals surface area contributed by atoms with Gasteiger partial charge in [-0.1, -0.05) is 66.7 Å². The molecule has 32 heavy (non-hydrogen) atoms. The van der Waals surface area contributed by atoms with Gasteiger partial charge in [0.2, 0.25) is 5.78 Å². The minimum Gasteiger partial charge on any atom is -0.297 e. The highest BCUT2D eigenvalue weighted by Gasteiger charge is 2.52.